The van der Waals surface area contributed by atoms with E-state index in [1.54, 1.807) is 42.5 Å². The molecule has 9 nitrogen and oxygen atoms in total. The van der Waals surface area contributed by atoms with Gasteiger partial charge >= 0.3 is 47.9 Å². The Kier molecular flexibility index (Phi) is 15.9. The molecule has 0 fully saturated rings. The van der Waals surface area contributed by atoms with E-state index in [2.05, 4.69) is 20.6 Å². The molecule has 0 saturated heterocycles. The average Bonchev–Trinajstić information content (AvgIpc) is 4.01. The molecule has 76 heavy (non-hydrogen) atoms. The number of benzene rings is 5. The molecule has 402 valence electrons. The highest BCUT2D eigenvalue weighted by atomic mass is 35.5. The minimum absolute atomic E-state index is 0.0300. The van der Waals surface area contributed by atoms with Crippen LogP contribution in [0.3, 0.4) is 0 Å². The Hall–Kier alpha value is -6.76. The third-order valence-corrected chi connectivity index (χ3v) is 11.9. The molecular formula is C45H22Cl4F18N8O. The van der Waals surface area contributed by atoms with E-state index in [9.17, 15) is 83.8 Å². The number of rotatable bonds is 11. The van der Waals surface area contributed by atoms with Crippen LogP contribution in [-0.4, -0.2) is 72.3 Å². The number of hydrogen-bond acceptors (Lipinski definition) is 7. The van der Waals surface area contributed by atoms with Gasteiger partial charge in [-0.3, -0.25) is 4.79 Å². The van der Waals surface area contributed by atoms with Crippen LogP contribution < -0.4 is 5.73 Å². The van der Waals surface area contributed by atoms with Gasteiger partial charge in [-0.2, -0.15) is 75.5 Å². The summed E-state index contributed by atoms with van der Waals surface area (Å²) in [6, 6.07) is 20.4. The number of anilines is 1. The Morgan fingerprint density at radius 1 is 0.526 bits per heavy atom. The molecule has 0 saturated carbocycles. The number of nitrogens with two attached hydrogens (primary N) is 1. The normalized spacial score (nSPS) is 14.3. The SMILES string of the molecule is N#Cc1ccc(C(=O)Cc2cccc(-c3cn(-c4c(Cl)cc(C(F)(C(F)(F)F)C(F)(F)C(F)(F)F)cc4Cl)nn3)c2)cc1.Nc1cccc(-c2cn(-c3c(Cl)cc(C(F)(C(F)(F)F)C(F)(F)C(F)(F)F)cc3Cl)nn2)c1. The van der Waals surface area contributed by atoms with Gasteiger partial charge in [-0.15, -0.1) is 10.2 Å². The predicted molar refractivity (Wildman–Crippen MR) is 237 cm³/mol. The summed E-state index contributed by atoms with van der Waals surface area (Å²) in [7, 11) is 0. The van der Waals surface area contributed by atoms with E-state index in [1.807, 2.05) is 6.07 Å². The predicted octanol–water partition coefficient (Wildman–Crippen LogP) is 15.2. The molecule has 2 unspecified atom stereocenters. The van der Waals surface area contributed by atoms with Crippen LogP contribution in [0.2, 0.25) is 20.1 Å². The van der Waals surface area contributed by atoms with Crippen LogP contribution in [0.25, 0.3) is 33.9 Å². The second-order valence-corrected chi connectivity index (χ2v) is 17.4. The number of halogens is 22. The highest BCUT2D eigenvalue weighted by Gasteiger charge is 2.83. The summed E-state index contributed by atoms with van der Waals surface area (Å²) in [5, 5.41) is 20.3. The molecule has 2 atom stereocenters. The van der Waals surface area contributed by atoms with Crippen molar-refractivity contribution in [1.82, 2.24) is 30.0 Å². The van der Waals surface area contributed by atoms with Crippen molar-refractivity contribution < 1.29 is 83.8 Å². The van der Waals surface area contributed by atoms with Gasteiger partial charge in [-0.25, -0.2) is 18.1 Å². The first-order chi connectivity index (χ1) is 34.9. The van der Waals surface area contributed by atoms with Crippen molar-refractivity contribution in [3.8, 4) is 40.0 Å². The van der Waals surface area contributed by atoms with Crippen molar-refractivity contribution in [2.75, 3.05) is 5.73 Å². The number of nitrogen functional groups attached to an aromatic ring is 1. The van der Waals surface area contributed by atoms with Gasteiger partial charge in [0.15, 0.2) is 5.78 Å². The first kappa shape index (κ1) is 58.5. The van der Waals surface area contributed by atoms with Crippen molar-refractivity contribution in [3.63, 3.8) is 0 Å². The highest BCUT2D eigenvalue weighted by molar-refractivity contribution is 6.38. The fraction of sp³-hybridized carbons (Fsp3) is 0.200. The number of nitrogens with zero attached hydrogens (tertiary/aromatic N) is 7. The van der Waals surface area contributed by atoms with Crippen LogP contribution in [-0.2, 0) is 17.8 Å². The summed E-state index contributed by atoms with van der Waals surface area (Å²) in [5.74, 6) is -14.0. The number of hydrogen-bond donors (Lipinski definition) is 1. The van der Waals surface area contributed by atoms with E-state index in [-0.39, 0.29) is 47.9 Å². The van der Waals surface area contributed by atoms with Gasteiger partial charge in [0.1, 0.15) is 22.8 Å². The maximum Gasteiger partial charge on any atom is 0.457 e. The van der Waals surface area contributed by atoms with Gasteiger partial charge in [0, 0.05) is 39.9 Å². The monoisotopic (exact) mass is 1170 g/mol. The highest BCUT2D eigenvalue weighted by Crippen LogP contribution is 2.60. The smallest absolute Gasteiger partial charge is 0.399 e. The fourth-order valence-corrected chi connectivity index (χ4v) is 8.29. The van der Waals surface area contributed by atoms with Crippen LogP contribution in [0.1, 0.15) is 32.6 Å². The maximum absolute atomic E-state index is 14.9. The maximum atomic E-state index is 14.9. The molecule has 0 spiro atoms. The number of ketones is 1. The molecule has 0 aliphatic rings. The van der Waals surface area contributed by atoms with Gasteiger partial charge < -0.3 is 5.73 Å². The Labute approximate surface area is 432 Å². The zero-order valence-corrected chi connectivity index (χ0v) is 39.6. The van der Waals surface area contributed by atoms with Gasteiger partial charge in [0.05, 0.1) is 44.1 Å². The molecule has 5 aromatic carbocycles. The zero-order chi connectivity index (χ0) is 56.9. The van der Waals surface area contributed by atoms with E-state index in [0.717, 1.165) is 15.6 Å². The number of carbonyl (C=O) groups is 1. The largest absolute Gasteiger partial charge is 0.457 e. The molecule has 0 bridgehead atoms. The van der Waals surface area contributed by atoms with E-state index in [1.165, 1.54) is 36.5 Å². The Morgan fingerprint density at radius 3 is 1.26 bits per heavy atom. The van der Waals surface area contributed by atoms with Crippen LogP contribution in [0.15, 0.2) is 109 Å². The minimum atomic E-state index is -6.92. The van der Waals surface area contributed by atoms with E-state index in [0.29, 0.717) is 33.5 Å². The van der Waals surface area contributed by atoms with Crippen molar-refractivity contribution in [2.24, 2.45) is 0 Å². The minimum Gasteiger partial charge on any atom is -0.399 e. The first-order valence-electron chi connectivity index (χ1n) is 20.1. The fourth-order valence-electron chi connectivity index (χ4n) is 6.97. The summed E-state index contributed by atoms with van der Waals surface area (Å²) < 4.78 is 243. The lowest BCUT2D eigenvalue weighted by Crippen LogP contribution is -2.59. The second-order valence-electron chi connectivity index (χ2n) is 15.7. The standard InChI is InChI=1S/C27H13Cl2F9N4O.C18H9Cl2F9N4/c28-19-10-18(24(30,26(33,34)35)25(31,32)27(36,37)38)11-20(29)23(19)42-13-21(40-41-42)17-3-1-2-15(8-17)9-22(43)16-6-4-14(12-39)5-7-16;19-11-5-9(15(21,17(24,25)26)16(22,23)18(27,28)29)6-12(20)14(11)33-7-13(31-32-33)8-2-1-3-10(30)4-8/h1-8,10-11,13H,9H2;1-7H,30H2. The Bertz CT molecular complexity index is 3310. The quantitative estimate of drug-likeness (QED) is 0.0776. The van der Waals surface area contributed by atoms with E-state index >= 15 is 0 Å². The number of aromatic nitrogens is 6. The molecule has 0 radical (unpaired) electrons. The molecule has 31 heteroatoms. The molecule has 0 aliphatic heterocycles. The van der Waals surface area contributed by atoms with Crippen molar-refractivity contribution in [1.29, 1.82) is 5.26 Å². The molecule has 2 N–H and O–H groups in total. The summed E-state index contributed by atoms with van der Waals surface area (Å²) in [4.78, 5) is 12.7. The molecular weight excluding hydrogens is 1150 g/mol. The number of Topliss-reactive ketones (excluding diaryl/α,β-unsaturated/α-hetero) is 1. The number of carbonyl (C=O) groups excluding carboxylic acids is 1. The molecule has 2 aromatic heterocycles. The van der Waals surface area contributed by atoms with E-state index < -0.39 is 90.5 Å². The second kappa shape index (κ2) is 20.6. The molecule has 0 amide bonds. The van der Waals surface area contributed by atoms with Crippen molar-refractivity contribution in [2.45, 2.75) is 54.3 Å². The summed E-state index contributed by atoms with van der Waals surface area (Å²) >= 11 is 23.5. The number of nitriles is 1. The topological polar surface area (TPSA) is 128 Å². The Balaban J connectivity index is 0.000000255. The van der Waals surface area contributed by atoms with E-state index in [4.69, 9.17) is 57.4 Å². The average molecular weight is 1170 g/mol. The van der Waals surface area contributed by atoms with Gasteiger partial charge in [0.2, 0.25) is 0 Å². The first-order valence-corrected chi connectivity index (χ1v) is 21.7. The zero-order valence-electron chi connectivity index (χ0n) is 36.5. The van der Waals surface area contributed by atoms with Gasteiger partial charge in [-0.05, 0) is 60.2 Å². The number of alkyl halides is 18. The van der Waals surface area contributed by atoms with Crippen LogP contribution in [0.4, 0.5) is 84.7 Å². The molecule has 7 aromatic rings. The van der Waals surface area contributed by atoms with Crippen molar-refractivity contribution in [3.05, 3.63) is 157 Å². The Morgan fingerprint density at radius 2 is 0.908 bits per heavy atom. The van der Waals surface area contributed by atoms with Crippen LogP contribution in [0.5, 0.6) is 0 Å². The molecule has 2 heterocycles. The summed E-state index contributed by atoms with van der Waals surface area (Å²) in [6.45, 7) is 0. The lowest BCUT2D eigenvalue weighted by atomic mass is 9.87. The lowest BCUT2D eigenvalue weighted by molar-refractivity contribution is -0.389. The third-order valence-electron chi connectivity index (χ3n) is 10.7. The summed E-state index contributed by atoms with van der Waals surface area (Å²) in [6.07, 6.45) is -24.9. The third kappa shape index (κ3) is 10.8. The van der Waals surface area contributed by atoms with Gasteiger partial charge in [0.25, 0.3) is 0 Å². The van der Waals surface area contributed by atoms with Crippen molar-refractivity contribution >= 4 is 57.9 Å². The summed E-state index contributed by atoms with van der Waals surface area (Å²) in [5.41, 5.74) is -9.24. The van der Waals surface area contributed by atoms with Crippen LogP contribution >= 0.6 is 46.4 Å². The lowest BCUT2D eigenvalue weighted by Gasteiger charge is -2.36. The molecule has 7 rings (SSSR count). The van der Waals surface area contributed by atoms with Gasteiger partial charge in [-0.1, -0.05) is 99.3 Å². The molecule has 0 aliphatic carbocycles. The van der Waals surface area contributed by atoms with Crippen LogP contribution in [0, 0.1) is 11.3 Å².